The molecule has 0 N–H and O–H groups in total. The zero-order valence-corrected chi connectivity index (χ0v) is 47.3. The molecule has 73 heavy (non-hydrogen) atoms. The van der Waals surface area contributed by atoms with Gasteiger partial charge in [-0.1, -0.05) is 183 Å². The monoisotopic (exact) mass is 959 g/mol. The van der Waals surface area contributed by atoms with Gasteiger partial charge in [0.05, 0.1) is 5.69 Å². The summed E-state index contributed by atoms with van der Waals surface area (Å²) in [5.74, 6) is 0. The first kappa shape index (κ1) is 48.2. The molecule has 7 aromatic carbocycles. The van der Waals surface area contributed by atoms with Crippen LogP contribution < -0.4 is 26.2 Å². The maximum atomic E-state index is 2.76. The highest BCUT2D eigenvalue weighted by Crippen LogP contribution is 2.56. The highest BCUT2D eigenvalue weighted by molar-refractivity contribution is 7.00. The number of rotatable bonds is 3. The normalized spacial score (nSPS) is 19.7. The number of hydrogen-bond donors (Lipinski definition) is 0. The molecule has 7 aromatic rings. The van der Waals surface area contributed by atoms with Crippen molar-refractivity contribution < 1.29 is 0 Å². The molecule has 2 heterocycles. The van der Waals surface area contributed by atoms with Gasteiger partial charge in [-0.2, -0.15) is 0 Å². The average molecular weight is 959 g/mol. The van der Waals surface area contributed by atoms with Gasteiger partial charge in [0.2, 0.25) is 0 Å². The van der Waals surface area contributed by atoms with Crippen LogP contribution in [0, 0.1) is 13.8 Å². The molecular formula is C70H79BN2. The van der Waals surface area contributed by atoms with Gasteiger partial charge in [-0.25, -0.2) is 0 Å². The van der Waals surface area contributed by atoms with Crippen molar-refractivity contribution in [1.29, 1.82) is 0 Å². The Bertz CT molecular complexity index is 3480. The molecule has 12 rings (SSSR count). The first-order chi connectivity index (χ1) is 34.1. The van der Waals surface area contributed by atoms with E-state index < -0.39 is 0 Å². The zero-order valence-electron chi connectivity index (χ0n) is 47.3. The van der Waals surface area contributed by atoms with E-state index in [1.54, 1.807) is 0 Å². The van der Waals surface area contributed by atoms with Crippen LogP contribution in [-0.4, -0.2) is 6.71 Å². The van der Waals surface area contributed by atoms with Crippen molar-refractivity contribution in [1.82, 2.24) is 0 Å². The van der Waals surface area contributed by atoms with Gasteiger partial charge in [0.15, 0.2) is 0 Å². The summed E-state index contributed by atoms with van der Waals surface area (Å²) in [6.45, 7) is 41.6. The molecule has 0 unspecified atom stereocenters. The molecule has 0 radical (unpaired) electrons. The van der Waals surface area contributed by atoms with Crippen LogP contribution in [0.1, 0.15) is 191 Å². The Hall–Kier alpha value is -5.80. The van der Waals surface area contributed by atoms with Crippen molar-refractivity contribution in [2.75, 3.05) is 9.80 Å². The lowest BCUT2D eigenvalue weighted by Gasteiger charge is -2.50. The summed E-state index contributed by atoms with van der Waals surface area (Å²) in [5.41, 5.74) is 30.0. The minimum atomic E-state index is -0.221. The third-order valence-corrected chi connectivity index (χ3v) is 19.5. The molecule has 3 aliphatic carbocycles. The summed E-state index contributed by atoms with van der Waals surface area (Å²) in [6, 6.07) is 48.9. The summed E-state index contributed by atoms with van der Waals surface area (Å²) < 4.78 is 0. The van der Waals surface area contributed by atoms with Gasteiger partial charge in [-0.15, -0.1) is 0 Å². The Morgan fingerprint density at radius 1 is 0.397 bits per heavy atom. The Labute approximate surface area is 439 Å². The van der Waals surface area contributed by atoms with Crippen molar-refractivity contribution in [3.05, 3.63) is 183 Å². The molecule has 0 bridgehead atoms. The van der Waals surface area contributed by atoms with Crippen LogP contribution in [0.4, 0.5) is 34.1 Å². The second-order valence-corrected chi connectivity index (χ2v) is 28.1. The van der Waals surface area contributed by atoms with Crippen molar-refractivity contribution in [3.8, 4) is 11.1 Å². The van der Waals surface area contributed by atoms with Crippen molar-refractivity contribution in [2.45, 2.75) is 181 Å². The van der Waals surface area contributed by atoms with Crippen LogP contribution in [0.5, 0.6) is 0 Å². The standard InChI is InChI=1S/C70H79BN2/c1-42-33-61-63-62(34-42)73(58-39-51-49(35-43(58)2)65(6,7)29-31-67(51,10)11)59-40-52-50(66(8,9)30-32-68(52,12)13)37-55(59)71(63)56-38-53-54(70(16,17)48-26-22-21-25-47(48)69(53,14)15)41-60(56)72(61)57-28-27-45(64(3,4)5)36-46(57)44-23-19-18-20-24-44/h18-28,33-41H,29-32H2,1-17H3. The van der Waals surface area contributed by atoms with Gasteiger partial charge in [0.25, 0.3) is 6.71 Å². The van der Waals surface area contributed by atoms with E-state index in [-0.39, 0.29) is 44.6 Å². The third kappa shape index (κ3) is 6.95. The van der Waals surface area contributed by atoms with Crippen LogP contribution in [0.15, 0.2) is 121 Å². The predicted molar refractivity (Wildman–Crippen MR) is 315 cm³/mol. The van der Waals surface area contributed by atoms with E-state index in [2.05, 4.69) is 249 Å². The minimum Gasteiger partial charge on any atom is -0.311 e. The highest BCUT2D eigenvalue weighted by Gasteiger charge is 2.50. The highest BCUT2D eigenvalue weighted by atomic mass is 15.2. The number of anilines is 6. The smallest absolute Gasteiger partial charge is 0.252 e. The fourth-order valence-corrected chi connectivity index (χ4v) is 14.7. The summed E-state index contributed by atoms with van der Waals surface area (Å²) in [6.07, 6.45) is 4.71. The molecule has 0 amide bonds. The van der Waals surface area contributed by atoms with E-state index in [1.165, 1.54) is 149 Å². The SMILES string of the molecule is Cc1cc2c3c(c1)N(c1ccc(C(C)(C)C)cc1-c1ccccc1)c1cc4c(cc1B3c1cc3c(cc1N2c1cc2c(cc1C)C(C)(C)CCC2(C)C)C(C)(C)CCC3(C)C)C(C)(C)c1ccccc1C4(C)C. The number of benzene rings is 7. The topological polar surface area (TPSA) is 6.48 Å². The van der Waals surface area contributed by atoms with E-state index in [0.29, 0.717) is 0 Å². The van der Waals surface area contributed by atoms with Gasteiger partial charge in [-0.3, -0.25) is 0 Å². The fraction of sp³-hybridized carbons (Fsp3) is 0.400. The second-order valence-electron chi connectivity index (χ2n) is 28.1. The van der Waals surface area contributed by atoms with Gasteiger partial charge < -0.3 is 9.80 Å². The molecule has 5 aliphatic rings. The van der Waals surface area contributed by atoms with Crippen LogP contribution in [-0.2, 0) is 37.9 Å². The molecule has 2 nitrogen and oxygen atoms in total. The van der Waals surface area contributed by atoms with E-state index in [4.69, 9.17) is 0 Å². The van der Waals surface area contributed by atoms with E-state index in [0.717, 1.165) is 0 Å². The first-order valence-corrected chi connectivity index (χ1v) is 27.7. The van der Waals surface area contributed by atoms with E-state index >= 15 is 0 Å². The van der Waals surface area contributed by atoms with E-state index in [1.807, 2.05) is 0 Å². The van der Waals surface area contributed by atoms with Gasteiger partial charge in [-0.05, 0) is 192 Å². The summed E-state index contributed by atoms with van der Waals surface area (Å²) in [5, 5.41) is 0. The Kier molecular flexibility index (Phi) is 10.2. The molecule has 2 aliphatic heterocycles. The lowest BCUT2D eigenvalue weighted by molar-refractivity contribution is 0.331. The second kappa shape index (κ2) is 15.4. The number of hydrogen-bond acceptors (Lipinski definition) is 2. The number of nitrogens with zero attached hydrogens (tertiary/aromatic N) is 2. The number of aryl methyl sites for hydroxylation is 2. The zero-order chi connectivity index (χ0) is 51.9. The fourth-order valence-electron chi connectivity index (χ4n) is 14.7. The molecule has 0 aromatic heterocycles. The molecule has 0 spiro atoms. The molecule has 0 saturated heterocycles. The maximum absolute atomic E-state index is 2.76. The summed E-state index contributed by atoms with van der Waals surface area (Å²) in [4.78, 5) is 5.48. The minimum absolute atomic E-state index is 0.00190. The number of fused-ring (bicyclic) bond motifs is 8. The molecular weight excluding hydrogens is 880 g/mol. The van der Waals surface area contributed by atoms with Crippen LogP contribution in [0.25, 0.3) is 11.1 Å². The Morgan fingerprint density at radius 2 is 0.822 bits per heavy atom. The quantitative estimate of drug-likeness (QED) is 0.163. The summed E-state index contributed by atoms with van der Waals surface area (Å²) in [7, 11) is 0. The molecule has 372 valence electrons. The Morgan fingerprint density at radius 3 is 1.34 bits per heavy atom. The van der Waals surface area contributed by atoms with Crippen molar-refractivity contribution in [2.24, 2.45) is 0 Å². The Balaban J connectivity index is 1.25. The molecule has 0 fully saturated rings. The molecule has 3 heteroatoms. The van der Waals surface area contributed by atoms with Crippen LogP contribution >= 0.6 is 0 Å². The maximum Gasteiger partial charge on any atom is 0.252 e. The van der Waals surface area contributed by atoms with E-state index in [9.17, 15) is 0 Å². The van der Waals surface area contributed by atoms with Gasteiger partial charge in [0, 0.05) is 44.8 Å². The molecule has 0 saturated carbocycles. The van der Waals surface area contributed by atoms with Crippen LogP contribution in [0.2, 0.25) is 0 Å². The summed E-state index contributed by atoms with van der Waals surface area (Å²) >= 11 is 0. The first-order valence-electron chi connectivity index (χ1n) is 27.7. The lowest BCUT2D eigenvalue weighted by Crippen LogP contribution is -2.62. The van der Waals surface area contributed by atoms with Gasteiger partial charge >= 0.3 is 0 Å². The third-order valence-electron chi connectivity index (χ3n) is 19.5. The van der Waals surface area contributed by atoms with Crippen LogP contribution in [0.3, 0.4) is 0 Å². The molecule has 0 atom stereocenters. The van der Waals surface area contributed by atoms with Crippen molar-refractivity contribution >= 4 is 57.2 Å². The lowest BCUT2D eigenvalue weighted by atomic mass is 9.32. The predicted octanol–water partition coefficient (Wildman–Crippen LogP) is 17.0. The average Bonchev–Trinajstić information content (AvgIpc) is 3.33. The van der Waals surface area contributed by atoms with Crippen molar-refractivity contribution in [3.63, 3.8) is 0 Å². The largest absolute Gasteiger partial charge is 0.311 e. The van der Waals surface area contributed by atoms with Gasteiger partial charge in [0.1, 0.15) is 0 Å².